The van der Waals surface area contributed by atoms with Gasteiger partial charge in [-0.3, -0.25) is 9.59 Å². The number of furan rings is 1. The second-order valence-electron chi connectivity index (χ2n) is 4.74. The van der Waals surface area contributed by atoms with Crippen LogP contribution in [0.3, 0.4) is 0 Å². The van der Waals surface area contributed by atoms with Crippen LogP contribution in [0.1, 0.15) is 17.0 Å². The minimum Gasteiger partial charge on any atom is -0.444 e. The molecule has 1 aromatic carbocycles. The van der Waals surface area contributed by atoms with E-state index in [0.29, 0.717) is 17.6 Å². The van der Waals surface area contributed by atoms with E-state index in [1.807, 2.05) is 30.3 Å². The number of rotatable bonds is 3. The van der Waals surface area contributed by atoms with E-state index in [1.165, 1.54) is 0 Å². The molecule has 1 saturated heterocycles. The van der Waals surface area contributed by atoms with Crippen molar-refractivity contribution < 1.29 is 14.0 Å². The predicted molar refractivity (Wildman–Crippen MR) is 81.1 cm³/mol. The molecule has 21 heavy (non-hydrogen) atoms. The molecule has 1 atom stereocenters. The molecule has 2 aromatic rings. The molecule has 0 spiro atoms. The standard InChI is InChI=1S/C15H13BrN2O3/c16-13-7-6-12(21-13)14(19)17-11-8-9-18(15(11)20)10-4-2-1-3-5-10/h1-7,11H,8-9H2,(H,17,19). The van der Waals surface area contributed by atoms with Crippen LogP contribution < -0.4 is 10.2 Å². The van der Waals surface area contributed by atoms with Crippen molar-refractivity contribution in [1.29, 1.82) is 0 Å². The van der Waals surface area contributed by atoms with Crippen LogP contribution in [0, 0.1) is 0 Å². The smallest absolute Gasteiger partial charge is 0.287 e. The SMILES string of the molecule is O=C(NC1CCN(c2ccccc2)C1=O)c1ccc(Br)o1. The summed E-state index contributed by atoms with van der Waals surface area (Å²) in [5.41, 5.74) is 0.847. The third-order valence-corrected chi connectivity index (χ3v) is 3.80. The summed E-state index contributed by atoms with van der Waals surface area (Å²) < 4.78 is 5.66. The van der Waals surface area contributed by atoms with E-state index >= 15 is 0 Å². The van der Waals surface area contributed by atoms with Gasteiger partial charge in [0, 0.05) is 12.2 Å². The van der Waals surface area contributed by atoms with Gasteiger partial charge in [-0.05, 0) is 46.6 Å². The van der Waals surface area contributed by atoms with Crippen molar-refractivity contribution in [3.8, 4) is 0 Å². The molecule has 3 rings (SSSR count). The monoisotopic (exact) mass is 348 g/mol. The molecule has 6 heteroatoms. The van der Waals surface area contributed by atoms with E-state index in [2.05, 4.69) is 21.2 Å². The van der Waals surface area contributed by atoms with Crippen molar-refractivity contribution in [2.75, 3.05) is 11.4 Å². The average Bonchev–Trinajstić information content (AvgIpc) is 3.07. The fraction of sp³-hybridized carbons (Fsp3) is 0.200. The summed E-state index contributed by atoms with van der Waals surface area (Å²) in [6.45, 7) is 0.593. The Morgan fingerprint density at radius 1 is 1.24 bits per heavy atom. The summed E-state index contributed by atoms with van der Waals surface area (Å²) in [5.74, 6) is -0.290. The Morgan fingerprint density at radius 3 is 2.67 bits per heavy atom. The first-order valence-corrected chi connectivity index (χ1v) is 7.37. The molecule has 1 aromatic heterocycles. The van der Waals surface area contributed by atoms with Crippen molar-refractivity contribution in [2.45, 2.75) is 12.5 Å². The van der Waals surface area contributed by atoms with Gasteiger partial charge in [-0.2, -0.15) is 0 Å². The van der Waals surface area contributed by atoms with Crippen molar-refractivity contribution in [3.05, 3.63) is 52.9 Å². The lowest BCUT2D eigenvalue weighted by molar-refractivity contribution is -0.118. The maximum atomic E-state index is 12.3. The van der Waals surface area contributed by atoms with E-state index in [1.54, 1.807) is 17.0 Å². The summed E-state index contributed by atoms with van der Waals surface area (Å²) in [6.07, 6.45) is 0.585. The molecule has 1 N–H and O–H groups in total. The van der Waals surface area contributed by atoms with Gasteiger partial charge in [-0.25, -0.2) is 0 Å². The second kappa shape index (κ2) is 5.73. The van der Waals surface area contributed by atoms with Gasteiger partial charge in [0.05, 0.1) is 0 Å². The van der Waals surface area contributed by atoms with Crippen molar-refractivity contribution in [1.82, 2.24) is 5.32 Å². The lowest BCUT2D eigenvalue weighted by atomic mass is 10.2. The van der Waals surface area contributed by atoms with Gasteiger partial charge in [-0.15, -0.1) is 0 Å². The third kappa shape index (κ3) is 2.85. The first-order valence-electron chi connectivity index (χ1n) is 6.58. The number of nitrogens with zero attached hydrogens (tertiary/aromatic N) is 1. The molecule has 2 heterocycles. The predicted octanol–water partition coefficient (Wildman–Crippen LogP) is 2.58. The van der Waals surface area contributed by atoms with Gasteiger partial charge < -0.3 is 14.6 Å². The molecule has 108 valence electrons. The van der Waals surface area contributed by atoms with E-state index in [0.717, 1.165) is 5.69 Å². The average molecular weight is 349 g/mol. The maximum Gasteiger partial charge on any atom is 0.287 e. The van der Waals surface area contributed by atoms with Crippen LogP contribution in [0.15, 0.2) is 51.6 Å². The van der Waals surface area contributed by atoms with Crippen LogP contribution in [0.2, 0.25) is 0 Å². The molecule has 1 unspecified atom stereocenters. The van der Waals surface area contributed by atoms with Crippen molar-refractivity contribution in [2.24, 2.45) is 0 Å². The summed E-state index contributed by atoms with van der Waals surface area (Å²) in [7, 11) is 0. The number of nitrogens with one attached hydrogen (secondary N) is 1. The molecule has 5 nitrogen and oxygen atoms in total. The number of hydrogen-bond donors (Lipinski definition) is 1. The second-order valence-corrected chi connectivity index (χ2v) is 5.53. The topological polar surface area (TPSA) is 62.6 Å². The van der Waals surface area contributed by atoms with Gasteiger partial charge in [0.1, 0.15) is 6.04 Å². The Bertz CT molecular complexity index is 669. The molecular formula is C15H13BrN2O3. The largest absolute Gasteiger partial charge is 0.444 e. The number of halogens is 1. The Kier molecular flexibility index (Phi) is 3.79. The minimum absolute atomic E-state index is 0.0971. The summed E-state index contributed by atoms with van der Waals surface area (Å²) >= 11 is 3.14. The first kappa shape index (κ1) is 13.9. The van der Waals surface area contributed by atoms with E-state index in [4.69, 9.17) is 4.42 Å². The highest BCUT2D eigenvalue weighted by atomic mass is 79.9. The van der Waals surface area contributed by atoms with Gasteiger partial charge in [-0.1, -0.05) is 18.2 Å². The number of para-hydroxylation sites is 1. The summed E-state index contributed by atoms with van der Waals surface area (Å²) in [5, 5.41) is 2.71. The zero-order valence-corrected chi connectivity index (χ0v) is 12.7. The Morgan fingerprint density at radius 2 is 2.00 bits per heavy atom. The maximum absolute atomic E-state index is 12.3. The molecule has 1 fully saturated rings. The molecular weight excluding hydrogens is 336 g/mol. The van der Waals surface area contributed by atoms with Crippen LogP contribution in [0.25, 0.3) is 0 Å². The summed E-state index contributed by atoms with van der Waals surface area (Å²) in [4.78, 5) is 26.0. The zero-order valence-electron chi connectivity index (χ0n) is 11.1. The molecule has 1 aliphatic heterocycles. The molecule has 0 saturated carbocycles. The number of carbonyl (C=O) groups is 2. The van der Waals surface area contributed by atoms with Gasteiger partial charge in [0.2, 0.25) is 5.91 Å². The number of carbonyl (C=O) groups excluding carboxylic acids is 2. The van der Waals surface area contributed by atoms with Gasteiger partial charge in [0.15, 0.2) is 10.4 Å². The van der Waals surface area contributed by atoms with Crippen LogP contribution >= 0.6 is 15.9 Å². The molecule has 0 bridgehead atoms. The highest BCUT2D eigenvalue weighted by Crippen LogP contribution is 2.21. The van der Waals surface area contributed by atoms with Gasteiger partial charge >= 0.3 is 0 Å². The highest BCUT2D eigenvalue weighted by molar-refractivity contribution is 9.10. The van der Waals surface area contributed by atoms with Crippen LogP contribution in [0.4, 0.5) is 5.69 Å². The quantitative estimate of drug-likeness (QED) is 0.927. The Hall–Kier alpha value is -2.08. The zero-order chi connectivity index (χ0) is 14.8. The molecule has 0 aliphatic carbocycles. The molecule has 1 aliphatic rings. The number of anilines is 1. The Labute approximate surface area is 130 Å². The number of benzene rings is 1. The van der Waals surface area contributed by atoms with Crippen LogP contribution in [0.5, 0.6) is 0 Å². The minimum atomic E-state index is -0.512. The fourth-order valence-corrected chi connectivity index (χ4v) is 2.65. The Balaban J connectivity index is 1.68. The first-order chi connectivity index (χ1) is 10.1. The third-order valence-electron chi connectivity index (χ3n) is 3.38. The molecule has 2 amide bonds. The van der Waals surface area contributed by atoms with Crippen LogP contribution in [-0.4, -0.2) is 24.4 Å². The highest BCUT2D eigenvalue weighted by Gasteiger charge is 2.34. The summed E-state index contributed by atoms with van der Waals surface area (Å²) in [6, 6.07) is 12.1. The van der Waals surface area contributed by atoms with E-state index in [-0.39, 0.29) is 17.6 Å². The normalized spacial score (nSPS) is 18.0. The lowest BCUT2D eigenvalue weighted by Gasteiger charge is -2.16. The fourth-order valence-electron chi connectivity index (χ4n) is 2.34. The van der Waals surface area contributed by atoms with Crippen LogP contribution in [-0.2, 0) is 4.79 Å². The van der Waals surface area contributed by atoms with E-state index in [9.17, 15) is 9.59 Å². The lowest BCUT2D eigenvalue weighted by Crippen LogP contribution is -2.41. The molecule has 0 radical (unpaired) electrons. The number of hydrogen-bond acceptors (Lipinski definition) is 3. The van der Waals surface area contributed by atoms with Crippen molar-refractivity contribution in [3.63, 3.8) is 0 Å². The van der Waals surface area contributed by atoms with Crippen molar-refractivity contribution >= 4 is 33.4 Å². The number of amides is 2. The van der Waals surface area contributed by atoms with Gasteiger partial charge in [0.25, 0.3) is 5.91 Å². The van der Waals surface area contributed by atoms with E-state index < -0.39 is 6.04 Å².